The molecule has 27 heavy (non-hydrogen) atoms. The molecule has 1 aliphatic rings. The van der Waals surface area contributed by atoms with Crippen LogP contribution in [-0.4, -0.2) is 33.2 Å². The number of carbonyl (C=O) groups excluding carboxylic acids is 2. The van der Waals surface area contributed by atoms with Crippen LogP contribution in [0.4, 0.5) is 17.1 Å². The summed E-state index contributed by atoms with van der Waals surface area (Å²) in [7, 11) is 0. The number of carbonyl (C=O) groups is 2. The van der Waals surface area contributed by atoms with E-state index in [1.165, 1.54) is 4.90 Å². The van der Waals surface area contributed by atoms with Crippen LogP contribution in [0.25, 0.3) is 0 Å². The molecule has 1 fully saturated rings. The number of nitrogens with one attached hydrogen (secondary N) is 1. The highest BCUT2D eigenvalue weighted by atomic mass is 32.1. The number of hydrogen-bond acceptors (Lipinski definition) is 7. The van der Waals surface area contributed by atoms with E-state index < -0.39 is 22.7 Å². The Hall–Kier alpha value is -3.66. The highest BCUT2D eigenvalue weighted by molar-refractivity contribution is 7.80. The fraction of sp³-hybridized carbons (Fsp3) is 0.0588. The highest BCUT2D eigenvalue weighted by Gasteiger charge is 2.38. The third-order valence-corrected chi connectivity index (χ3v) is 4.03. The number of aromatic hydroxyl groups is 1. The first-order valence-corrected chi connectivity index (χ1v) is 8.05. The first-order chi connectivity index (χ1) is 12.9. The normalized spacial score (nSPS) is 17.3. The van der Waals surface area contributed by atoms with Gasteiger partial charge in [0, 0.05) is 18.3 Å². The van der Waals surface area contributed by atoms with Crippen molar-refractivity contribution in [3.63, 3.8) is 0 Å². The lowest BCUT2D eigenvalue weighted by Gasteiger charge is -2.30. The number of benzene rings is 2. The number of hydrogen-bond donors (Lipinski definition) is 2. The number of nitro benzene ring substituents is 1. The van der Waals surface area contributed by atoms with Gasteiger partial charge in [0.25, 0.3) is 11.6 Å². The molecule has 2 amide bonds. The topological polar surface area (TPSA) is 125 Å². The van der Waals surface area contributed by atoms with Crippen molar-refractivity contribution in [1.29, 1.82) is 0 Å². The summed E-state index contributed by atoms with van der Waals surface area (Å²) in [5.41, 5.74) is 0.0553. The molecule has 1 saturated heterocycles. The predicted molar refractivity (Wildman–Crippen MR) is 101 cm³/mol. The molecule has 3 rings (SSSR count). The number of non-ortho nitro benzene ring substituents is 1. The molecule has 1 heterocycles. The zero-order valence-electron chi connectivity index (χ0n) is 13.6. The Morgan fingerprint density at radius 3 is 2.59 bits per heavy atom. The summed E-state index contributed by atoms with van der Waals surface area (Å²) in [6, 6.07) is 11.8. The molecule has 1 aliphatic heterocycles. The van der Waals surface area contributed by atoms with Crippen LogP contribution >= 0.6 is 12.2 Å². The third-order valence-electron chi connectivity index (χ3n) is 3.75. The number of aliphatic imine (C=N–C) groups is 1. The van der Waals surface area contributed by atoms with Crippen LogP contribution in [0.2, 0.25) is 0 Å². The van der Waals surface area contributed by atoms with Crippen LogP contribution in [0, 0.1) is 16.0 Å². The van der Waals surface area contributed by atoms with Crippen molar-refractivity contribution in [3.05, 3.63) is 58.6 Å². The van der Waals surface area contributed by atoms with Crippen molar-refractivity contribution in [2.75, 3.05) is 4.90 Å². The van der Waals surface area contributed by atoms with Gasteiger partial charge in [-0.15, -0.1) is 0 Å². The minimum absolute atomic E-state index is 0.0564. The minimum atomic E-state index is -1.31. The molecule has 2 N–H and O–H groups in total. The van der Waals surface area contributed by atoms with Crippen LogP contribution < -0.4 is 10.2 Å². The van der Waals surface area contributed by atoms with Gasteiger partial charge in [0.15, 0.2) is 11.0 Å². The Morgan fingerprint density at radius 2 is 1.93 bits per heavy atom. The van der Waals surface area contributed by atoms with Crippen molar-refractivity contribution in [2.45, 2.75) is 0 Å². The van der Waals surface area contributed by atoms with Gasteiger partial charge >= 0.3 is 0 Å². The van der Waals surface area contributed by atoms with Gasteiger partial charge in [0.05, 0.1) is 10.6 Å². The second-order valence-corrected chi connectivity index (χ2v) is 5.88. The molecule has 0 radical (unpaired) electrons. The second-order valence-electron chi connectivity index (χ2n) is 5.49. The summed E-state index contributed by atoms with van der Waals surface area (Å²) in [5.74, 6) is -2.93. The number of thiocarbonyl (C=S) groups is 1. The summed E-state index contributed by atoms with van der Waals surface area (Å²) in [6.07, 6.45) is 1.02. The third kappa shape index (κ3) is 3.65. The average Bonchev–Trinajstić information content (AvgIpc) is 2.63. The Balaban J connectivity index is 1.92. The van der Waals surface area contributed by atoms with Gasteiger partial charge in [-0.25, -0.2) is 0 Å². The fourth-order valence-electron chi connectivity index (χ4n) is 2.43. The van der Waals surface area contributed by atoms with Crippen LogP contribution in [0.1, 0.15) is 0 Å². The zero-order valence-corrected chi connectivity index (χ0v) is 14.4. The van der Waals surface area contributed by atoms with E-state index in [0.717, 1.165) is 24.4 Å². The van der Waals surface area contributed by atoms with E-state index in [1.807, 2.05) is 0 Å². The standard InChI is InChI=1S/C17H12N4O5S/c22-14-7-6-11(21(25)26)8-13(14)18-9-12-15(23)19-17(27)20(16(12)24)10-4-2-1-3-5-10/h1-9,12,22H,(H,19,23,27)/t12-/m0/s1. The molecule has 136 valence electrons. The number of phenols is 1. The average molecular weight is 384 g/mol. The summed E-state index contributed by atoms with van der Waals surface area (Å²) in [5, 5.41) is 23.0. The van der Waals surface area contributed by atoms with Gasteiger partial charge in [-0.3, -0.25) is 29.6 Å². The summed E-state index contributed by atoms with van der Waals surface area (Å²) in [6.45, 7) is 0. The SMILES string of the molecule is O=C1NC(=S)N(c2ccccc2)C(=O)[C@H]1C=Nc1cc([N+](=O)[O-])ccc1O. The second kappa shape index (κ2) is 7.30. The zero-order chi connectivity index (χ0) is 19.6. The molecular weight excluding hydrogens is 372 g/mol. The molecule has 2 aromatic carbocycles. The van der Waals surface area contributed by atoms with Crippen LogP contribution in [0.15, 0.2) is 53.5 Å². The Morgan fingerprint density at radius 1 is 1.22 bits per heavy atom. The lowest BCUT2D eigenvalue weighted by Crippen LogP contribution is -2.58. The fourth-order valence-corrected chi connectivity index (χ4v) is 2.72. The predicted octanol–water partition coefficient (Wildman–Crippen LogP) is 2.07. The molecule has 0 aliphatic carbocycles. The quantitative estimate of drug-likeness (QED) is 0.273. The molecule has 0 aromatic heterocycles. The van der Waals surface area contributed by atoms with Gasteiger partial charge < -0.3 is 10.4 Å². The Bertz CT molecular complexity index is 977. The first-order valence-electron chi connectivity index (χ1n) is 7.64. The molecule has 0 spiro atoms. The summed E-state index contributed by atoms with van der Waals surface area (Å²) in [4.78, 5) is 40.2. The molecule has 0 saturated carbocycles. The van der Waals surface area contributed by atoms with Crippen LogP contribution in [0.5, 0.6) is 5.75 Å². The number of para-hydroxylation sites is 1. The number of nitrogens with zero attached hydrogens (tertiary/aromatic N) is 3. The Kier molecular flexibility index (Phi) is 4.90. The smallest absolute Gasteiger partial charge is 0.271 e. The van der Waals surface area contributed by atoms with E-state index in [1.54, 1.807) is 30.3 Å². The largest absolute Gasteiger partial charge is 0.506 e. The minimum Gasteiger partial charge on any atom is -0.506 e. The first kappa shape index (κ1) is 18.1. The lowest BCUT2D eigenvalue weighted by molar-refractivity contribution is -0.384. The maximum Gasteiger partial charge on any atom is 0.271 e. The Labute approximate surface area is 158 Å². The van der Waals surface area contributed by atoms with Crippen molar-refractivity contribution in [1.82, 2.24) is 5.32 Å². The van der Waals surface area contributed by atoms with Gasteiger partial charge in [-0.05, 0) is 30.4 Å². The molecule has 9 nitrogen and oxygen atoms in total. The van der Waals surface area contributed by atoms with Gasteiger partial charge in [-0.1, -0.05) is 18.2 Å². The molecule has 2 aromatic rings. The van der Waals surface area contributed by atoms with Crippen LogP contribution in [0.3, 0.4) is 0 Å². The van der Waals surface area contributed by atoms with E-state index in [9.17, 15) is 24.8 Å². The van der Waals surface area contributed by atoms with E-state index in [-0.39, 0.29) is 22.2 Å². The van der Waals surface area contributed by atoms with E-state index in [2.05, 4.69) is 10.3 Å². The van der Waals surface area contributed by atoms with Crippen molar-refractivity contribution >= 4 is 52.4 Å². The van der Waals surface area contributed by atoms with Gasteiger partial charge in [0.2, 0.25) is 5.91 Å². The van der Waals surface area contributed by atoms with Crippen molar-refractivity contribution in [3.8, 4) is 5.75 Å². The van der Waals surface area contributed by atoms with E-state index in [0.29, 0.717) is 5.69 Å². The summed E-state index contributed by atoms with van der Waals surface area (Å²) < 4.78 is 0. The van der Waals surface area contributed by atoms with E-state index in [4.69, 9.17) is 12.2 Å². The highest BCUT2D eigenvalue weighted by Crippen LogP contribution is 2.30. The number of nitro groups is 1. The molecule has 0 bridgehead atoms. The summed E-state index contributed by atoms with van der Waals surface area (Å²) >= 11 is 5.07. The monoisotopic (exact) mass is 384 g/mol. The molecule has 10 heteroatoms. The number of anilines is 1. The van der Waals surface area contributed by atoms with Crippen molar-refractivity contribution in [2.24, 2.45) is 10.9 Å². The van der Waals surface area contributed by atoms with E-state index >= 15 is 0 Å². The maximum atomic E-state index is 12.7. The van der Waals surface area contributed by atoms with Gasteiger partial charge in [0.1, 0.15) is 11.4 Å². The maximum absolute atomic E-state index is 12.7. The number of phenolic OH excluding ortho intramolecular Hbond substituents is 1. The molecule has 0 unspecified atom stereocenters. The van der Waals surface area contributed by atoms with Gasteiger partial charge in [-0.2, -0.15) is 0 Å². The number of amides is 2. The molecular formula is C17H12N4O5S. The molecule has 1 atom stereocenters. The number of rotatable bonds is 4. The van der Waals surface area contributed by atoms with Crippen molar-refractivity contribution < 1.29 is 19.6 Å². The lowest BCUT2D eigenvalue weighted by atomic mass is 10.1. The van der Waals surface area contributed by atoms with Crippen LogP contribution in [-0.2, 0) is 9.59 Å².